The fourth-order valence-electron chi connectivity index (χ4n) is 4.35. The molecular weight excluding hydrogens is 517 g/mol. The van der Waals surface area contributed by atoms with E-state index in [1.807, 2.05) is 30.2 Å². The Kier molecular flexibility index (Phi) is 9.21. The summed E-state index contributed by atoms with van der Waals surface area (Å²) < 4.78 is 73.2. The van der Waals surface area contributed by atoms with E-state index in [0.29, 0.717) is 32.1 Å². The number of methoxy groups -OCH3 is 1. The highest BCUT2D eigenvalue weighted by atomic mass is 32.2. The predicted octanol–water partition coefficient (Wildman–Crippen LogP) is 2.37. The minimum absolute atomic E-state index is 0.209. The highest BCUT2D eigenvalue weighted by molar-refractivity contribution is 7.89. The van der Waals surface area contributed by atoms with Gasteiger partial charge in [-0.25, -0.2) is 13.2 Å². The molecule has 1 aromatic heterocycles. The smallest absolute Gasteiger partial charge is 0.490 e. The molecule has 0 saturated carbocycles. The van der Waals surface area contributed by atoms with Gasteiger partial charge in [0, 0.05) is 51.0 Å². The summed E-state index contributed by atoms with van der Waals surface area (Å²) in [6.45, 7) is 4.34. The Morgan fingerprint density at radius 2 is 1.89 bits per heavy atom. The number of carbonyl (C=O) groups is 1. The van der Waals surface area contributed by atoms with Crippen molar-refractivity contribution in [2.45, 2.75) is 30.5 Å². The van der Waals surface area contributed by atoms with E-state index >= 15 is 0 Å². The second-order valence-corrected chi connectivity index (χ2v) is 11.1. The zero-order valence-electron chi connectivity index (χ0n) is 20.6. The van der Waals surface area contributed by atoms with Crippen molar-refractivity contribution in [3.63, 3.8) is 0 Å². The van der Waals surface area contributed by atoms with Crippen LogP contribution in [0.1, 0.15) is 18.4 Å². The number of hydrogen-bond donors (Lipinski definition) is 1. The monoisotopic (exact) mass is 548 g/mol. The van der Waals surface area contributed by atoms with Crippen molar-refractivity contribution in [3.05, 3.63) is 42.2 Å². The molecule has 0 radical (unpaired) electrons. The number of aromatic nitrogens is 2. The van der Waals surface area contributed by atoms with Crippen molar-refractivity contribution in [2.75, 3.05) is 46.5 Å². The molecule has 10 nitrogen and oxygen atoms in total. The average Bonchev–Trinajstić information content (AvgIpc) is 3.25. The van der Waals surface area contributed by atoms with Crippen molar-refractivity contribution in [3.8, 4) is 5.75 Å². The van der Waals surface area contributed by atoms with E-state index in [2.05, 4.69) is 10.00 Å². The SMILES string of the molecule is COCCN1CC2(CCN(Cc3cnn(C)c3)CC2)COc2ccccc2S1(=O)=O.O=C(O)C(F)(F)F. The number of aryl methyl sites for hydroxylation is 1. The molecule has 4 rings (SSSR count). The van der Waals surface area contributed by atoms with Crippen molar-refractivity contribution >= 4 is 16.0 Å². The van der Waals surface area contributed by atoms with Gasteiger partial charge in [-0.05, 0) is 38.1 Å². The molecule has 0 amide bonds. The summed E-state index contributed by atoms with van der Waals surface area (Å²) in [5.41, 5.74) is 0.986. The normalized spacial score (nSPS) is 19.6. The fraction of sp³-hybridized carbons (Fsp3) is 0.565. The summed E-state index contributed by atoms with van der Waals surface area (Å²) >= 11 is 0. The van der Waals surface area contributed by atoms with Gasteiger partial charge in [0.2, 0.25) is 10.0 Å². The van der Waals surface area contributed by atoms with Crippen LogP contribution in [0.4, 0.5) is 13.2 Å². The number of piperidine rings is 1. The van der Waals surface area contributed by atoms with Gasteiger partial charge in [-0.15, -0.1) is 0 Å². The van der Waals surface area contributed by atoms with Crippen molar-refractivity contribution in [2.24, 2.45) is 12.5 Å². The third-order valence-corrected chi connectivity index (χ3v) is 8.27. The second-order valence-electron chi connectivity index (χ2n) is 9.17. The summed E-state index contributed by atoms with van der Waals surface area (Å²) in [7, 11) is -0.124. The third kappa shape index (κ3) is 7.43. The maximum Gasteiger partial charge on any atom is 0.490 e. The minimum atomic E-state index is -5.08. The number of rotatable bonds is 5. The molecule has 1 spiro atoms. The number of para-hydroxylation sites is 1. The van der Waals surface area contributed by atoms with E-state index in [1.165, 1.54) is 5.56 Å². The first-order valence-corrected chi connectivity index (χ1v) is 13.0. The zero-order chi connectivity index (χ0) is 27.3. The quantitative estimate of drug-likeness (QED) is 0.606. The van der Waals surface area contributed by atoms with Gasteiger partial charge < -0.3 is 14.6 Å². The van der Waals surface area contributed by atoms with Gasteiger partial charge in [0.05, 0.1) is 19.4 Å². The van der Waals surface area contributed by atoms with Crippen LogP contribution in [0, 0.1) is 5.41 Å². The van der Waals surface area contributed by atoms with E-state index in [0.717, 1.165) is 32.5 Å². The predicted molar refractivity (Wildman–Crippen MR) is 126 cm³/mol. The molecule has 3 heterocycles. The first kappa shape index (κ1) is 28.9. The molecule has 1 saturated heterocycles. The zero-order valence-corrected chi connectivity index (χ0v) is 21.5. The average molecular weight is 549 g/mol. The molecule has 1 N–H and O–H groups in total. The number of carboxylic acid groups (broad SMARTS) is 1. The van der Waals surface area contributed by atoms with E-state index < -0.39 is 22.2 Å². The van der Waals surface area contributed by atoms with Gasteiger partial charge in [0.1, 0.15) is 10.6 Å². The summed E-state index contributed by atoms with van der Waals surface area (Å²) in [6, 6.07) is 6.93. The third-order valence-electron chi connectivity index (χ3n) is 6.38. The molecule has 2 aromatic rings. The van der Waals surface area contributed by atoms with Crippen LogP contribution in [0.5, 0.6) is 5.75 Å². The molecule has 2 aliphatic heterocycles. The van der Waals surface area contributed by atoms with Crippen molar-refractivity contribution < 1.29 is 41.0 Å². The number of halogens is 3. The Morgan fingerprint density at radius 1 is 1.24 bits per heavy atom. The molecule has 14 heteroatoms. The number of nitrogens with zero attached hydrogens (tertiary/aromatic N) is 4. The van der Waals surface area contributed by atoms with Gasteiger partial charge >= 0.3 is 12.1 Å². The maximum absolute atomic E-state index is 13.4. The molecule has 1 aromatic carbocycles. The van der Waals surface area contributed by atoms with Crippen molar-refractivity contribution in [1.82, 2.24) is 19.0 Å². The Hall–Kier alpha value is -2.68. The lowest BCUT2D eigenvalue weighted by Crippen LogP contribution is -2.51. The molecule has 37 heavy (non-hydrogen) atoms. The molecule has 0 atom stereocenters. The largest absolute Gasteiger partial charge is 0.492 e. The molecular formula is C23H31F3N4O6S. The van der Waals surface area contributed by atoms with Gasteiger partial charge in [-0.3, -0.25) is 9.58 Å². The van der Waals surface area contributed by atoms with Crippen LogP contribution in [0.2, 0.25) is 0 Å². The highest BCUT2D eigenvalue weighted by Gasteiger charge is 2.43. The number of aliphatic carboxylic acids is 1. The Bertz CT molecular complexity index is 1160. The number of alkyl halides is 3. The lowest BCUT2D eigenvalue weighted by Gasteiger charge is -2.45. The van der Waals surface area contributed by atoms with E-state index in [9.17, 15) is 21.6 Å². The Morgan fingerprint density at radius 3 is 2.46 bits per heavy atom. The van der Waals surface area contributed by atoms with Gasteiger partial charge in [0.25, 0.3) is 0 Å². The van der Waals surface area contributed by atoms with Crippen LogP contribution >= 0.6 is 0 Å². The van der Waals surface area contributed by atoms with Crippen LogP contribution in [0.15, 0.2) is 41.6 Å². The van der Waals surface area contributed by atoms with Crippen LogP contribution in [-0.2, 0) is 33.1 Å². The van der Waals surface area contributed by atoms with E-state index in [-0.39, 0.29) is 10.3 Å². The summed E-state index contributed by atoms with van der Waals surface area (Å²) in [4.78, 5) is 11.5. The number of carboxylic acids is 1. The molecule has 1 fully saturated rings. The summed E-state index contributed by atoms with van der Waals surface area (Å²) in [5.74, 6) is -2.32. The van der Waals surface area contributed by atoms with Gasteiger partial charge in [-0.2, -0.15) is 22.6 Å². The summed E-state index contributed by atoms with van der Waals surface area (Å²) in [5, 5.41) is 11.4. The molecule has 0 bridgehead atoms. The standard InChI is InChI=1S/C21H30N4O4S.C2HF3O2/c1-23-14-18(13-22-23)15-24-9-7-21(8-10-24)16-25(11-12-28-2)30(26,27)20-6-4-3-5-19(20)29-17-21;3-2(4,5)1(6)7/h3-6,13-14H,7-12,15-17H2,1-2H3;(H,6,7). The number of benzene rings is 1. The maximum atomic E-state index is 13.4. The van der Waals surface area contributed by atoms with Crippen molar-refractivity contribution in [1.29, 1.82) is 0 Å². The van der Waals surface area contributed by atoms with Crippen LogP contribution < -0.4 is 4.74 Å². The minimum Gasteiger partial charge on any atom is -0.492 e. The topological polar surface area (TPSA) is 114 Å². The number of fused-ring (bicyclic) bond motifs is 1. The number of ether oxygens (including phenoxy) is 2. The van der Waals surface area contributed by atoms with E-state index in [1.54, 1.807) is 29.6 Å². The van der Waals surface area contributed by atoms with Crippen LogP contribution in [0.25, 0.3) is 0 Å². The van der Waals surface area contributed by atoms with Gasteiger partial charge in [0.15, 0.2) is 0 Å². The fourth-order valence-corrected chi connectivity index (χ4v) is 6.02. The number of hydrogen-bond acceptors (Lipinski definition) is 7. The first-order valence-electron chi connectivity index (χ1n) is 11.6. The van der Waals surface area contributed by atoms with Crippen LogP contribution in [-0.4, -0.2) is 91.2 Å². The highest BCUT2D eigenvalue weighted by Crippen LogP contribution is 2.39. The molecule has 206 valence electrons. The Labute approximate surface area is 213 Å². The van der Waals surface area contributed by atoms with Gasteiger partial charge in [-0.1, -0.05) is 12.1 Å². The lowest BCUT2D eigenvalue weighted by atomic mass is 9.78. The number of likely N-dealkylation sites (tertiary alicyclic amines) is 1. The molecule has 0 aliphatic carbocycles. The second kappa shape index (κ2) is 11.8. The molecule has 0 unspecified atom stereocenters. The Balaban J connectivity index is 0.000000479. The van der Waals surface area contributed by atoms with Crippen LogP contribution in [0.3, 0.4) is 0 Å². The summed E-state index contributed by atoms with van der Waals surface area (Å²) in [6.07, 6.45) is 0.626. The lowest BCUT2D eigenvalue weighted by molar-refractivity contribution is -0.192. The first-order chi connectivity index (χ1) is 17.4. The van der Waals surface area contributed by atoms with E-state index in [4.69, 9.17) is 19.4 Å². The number of sulfonamides is 1. The molecule has 2 aliphatic rings.